The summed E-state index contributed by atoms with van der Waals surface area (Å²) >= 11 is 1.46. The minimum absolute atomic E-state index is 0.0178. The Labute approximate surface area is 230 Å². The number of hydrogen-bond donors (Lipinski definition) is 7. The molecule has 0 aliphatic rings. The Balaban J connectivity index is 2.19. The van der Waals surface area contributed by atoms with E-state index in [1.807, 2.05) is 6.26 Å². The molecule has 1 aromatic heterocycles. The third kappa shape index (κ3) is 11.2. The molecule has 212 valence electrons. The fourth-order valence-electron chi connectivity index (χ4n) is 3.63. The highest BCUT2D eigenvalue weighted by Crippen LogP contribution is 2.08. The maximum atomic E-state index is 13.3. The number of primary amides is 1. The largest absolute Gasteiger partial charge is 0.480 e. The van der Waals surface area contributed by atoms with Gasteiger partial charge in [-0.2, -0.15) is 11.8 Å². The zero-order valence-electron chi connectivity index (χ0n) is 21.6. The van der Waals surface area contributed by atoms with Crippen molar-refractivity contribution in [2.45, 2.75) is 56.3 Å². The van der Waals surface area contributed by atoms with Crippen LogP contribution < -0.4 is 27.4 Å². The molecule has 9 N–H and O–H groups in total. The molecule has 39 heavy (non-hydrogen) atoms. The van der Waals surface area contributed by atoms with E-state index in [1.54, 1.807) is 30.3 Å². The summed E-state index contributed by atoms with van der Waals surface area (Å²) in [6.07, 6.45) is 4.92. The van der Waals surface area contributed by atoms with Crippen molar-refractivity contribution in [3.05, 3.63) is 54.1 Å². The standard InChI is InChI=1S/C25H35N7O6S/c1-39-10-9-18(30-22(34)17(26)7-8-21(27)33)23(35)31-19(11-15-5-3-2-4-6-15)24(36)32-20(25(37)38)12-16-13-28-14-29-16/h2-6,13-14,17-20H,7-12,26H2,1H3,(H2,27,33)(H,28,29)(H,30,34)(H,31,35)(H,32,36)(H,37,38). The Morgan fingerprint density at radius 3 is 2.18 bits per heavy atom. The quantitative estimate of drug-likeness (QED) is 0.127. The molecule has 0 spiro atoms. The van der Waals surface area contributed by atoms with E-state index in [2.05, 4.69) is 25.9 Å². The van der Waals surface area contributed by atoms with E-state index in [1.165, 1.54) is 24.3 Å². The second-order valence-electron chi connectivity index (χ2n) is 8.89. The van der Waals surface area contributed by atoms with E-state index >= 15 is 0 Å². The summed E-state index contributed by atoms with van der Waals surface area (Å²) in [5.74, 6) is -3.29. The van der Waals surface area contributed by atoms with E-state index in [-0.39, 0.29) is 32.1 Å². The van der Waals surface area contributed by atoms with Crippen LogP contribution in [0.2, 0.25) is 0 Å². The highest BCUT2D eigenvalue weighted by Gasteiger charge is 2.30. The van der Waals surface area contributed by atoms with Crippen LogP contribution in [-0.2, 0) is 36.8 Å². The van der Waals surface area contributed by atoms with Crippen LogP contribution in [0.25, 0.3) is 0 Å². The number of aromatic nitrogens is 2. The fraction of sp³-hybridized carbons (Fsp3) is 0.440. The summed E-state index contributed by atoms with van der Waals surface area (Å²) in [4.78, 5) is 68.7. The van der Waals surface area contributed by atoms with E-state index in [4.69, 9.17) is 11.5 Å². The summed E-state index contributed by atoms with van der Waals surface area (Å²) in [5.41, 5.74) is 12.2. The van der Waals surface area contributed by atoms with Crippen molar-refractivity contribution in [2.75, 3.05) is 12.0 Å². The number of aliphatic carboxylic acids is 1. The lowest BCUT2D eigenvalue weighted by atomic mass is 10.0. The van der Waals surface area contributed by atoms with Crippen molar-refractivity contribution in [1.29, 1.82) is 0 Å². The SMILES string of the molecule is CSCCC(NC(=O)C(N)CCC(N)=O)C(=O)NC(Cc1ccccc1)C(=O)NC(Cc1cnc[nH]1)C(=O)O. The number of carboxylic acid groups (broad SMARTS) is 1. The number of nitrogens with zero attached hydrogens (tertiary/aromatic N) is 1. The molecule has 1 aromatic carbocycles. The van der Waals surface area contributed by atoms with E-state index in [0.717, 1.165) is 5.56 Å². The van der Waals surface area contributed by atoms with Gasteiger partial charge >= 0.3 is 5.97 Å². The summed E-state index contributed by atoms with van der Waals surface area (Å²) in [6.45, 7) is 0. The number of rotatable bonds is 17. The molecule has 0 fully saturated rings. The van der Waals surface area contributed by atoms with Crippen LogP contribution in [0.1, 0.15) is 30.5 Å². The molecular weight excluding hydrogens is 526 g/mol. The van der Waals surface area contributed by atoms with Gasteiger partial charge in [-0.1, -0.05) is 30.3 Å². The van der Waals surface area contributed by atoms with Gasteiger partial charge < -0.3 is 37.5 Å². The topological polar surface area (TPSA) is 222 Å². The van der Waals surface area contributed by atoms with Crippen LogP contribution in [0.15, 0.2) is 42.9 Å². The van der Waals surface area contributed by atoms with Gasteiger partial charge in [0.2, 0.25) is 23.6 Å². The van der Waals surface area contributed by atoms with Gasteiger partial charge in [-0.3, -0.25) is 19.2 Å². The van der Waals surface area contributed by atoms with E-state index in [0.29, 0.717) is 11.4 Å². The molecule has 13 nitrogen and oxygen atoms in total. The van der Waals surface area contributed by atoms with Gasteiger partial charge in [0.05, 0.1) is 12.4 Å². The number of carboxylic acids is 1. The maximum Gasteiger partial charge on any atom is 0.326 e. The van der Waals surface area contributed by atoms with Crippen LogP contribution in [0.4, 0.5) is 0 Å². The molecule has 2 aromatic rings. The number of nitrogens with one attached hydrogen (secondary N) is 4. The van der Waals surface area contributed by atoms with Crippen LogP contribution >= 0.6 is 11.8 Å². The second-order valence-corrected chi connectivity index (χ2v) is 9.87. The van der Waals surface area contributed by atoms with Crippen LogP contribution in [-0.4, -0.2) is 80.8 Å². The van der Waals surface area contributed by atoms with Gasteiger partial charge in [0.1, 0.15) is 18.1 Å². The van der Waals surface area contributed by atoms with Crippen molar-refractivity contribution < 1.29 is 29.1 Å². The van der Waals surface area contributed by atoms with Gasteiger partial charge in [0.25, 0.3) is 0 Å². The number of imidazole rings is 1. The molecule has 1 heterocycles. The number of hydrogen-bond acceptors (Lipinski definition) is 8. The highest BCUT2D eigenvalue weighted by atomic mass is 32.2. The molecular formula is C25H35N7O6S. The lowest BCUT2D eigenvalue weighted by Gasteiger charge is -2.25. The Bertz CT molecular complexity index is 1100. The van der Waals surface area contributed by atoms with Crippen LogP contribution in [0, 0.1) is 0 Å². The van der Waals surface area contributed by atoms with E-state index in [9.17, 15) is 29.1 Å². The number of aromatic amines is 1. The first-order valence-electron chi connectivity index (χ1n) is 12.3. The lowest BCUT2D eigenvalue weighted by molar-refractivity contribution is -0.142. The number of nitrogens with two attached hydrogens (primary N) is 2. The van der Waals surface area contributed by atoms with Gasteiger partial charge in [0.15, 0.2) is 0 Å². The molecule has 0 saturated carbocycles. The molecule has 0 aliphatic heterocycles. The Kier molecular flexibility index (Phi) is 13.0. The van der Waals surface area contributed by atoms with Crippen LogP contribution in [0.3, 0.4) is 0 Å². The average molecular weight is 562 g/mol. The predicted octanol–water partition coefficient (Wildman–Crippen LogP) is -0.920. The number of amides is 4. The zero-order chi connectivity index (χ0) is 28.8. The first-order chi connectivity index (χ1) is 18.6. The van der Waals surface area contributed by atoms with E-state index < -0.39 is 53.8 Å². The predicted molar refractivity (Wildman–Crippen MR) is 145 cm³/mol. The molecule has 0 aliphatic carbocycles. The molecule has 14 heteroatoms. The molecule has 4 amide bonds. The van der Waals surface area contributed by atoms with Gasteiger partial charge in [-0.05, 0) is 30.4 Å². The summed E-state index contributed by atoms with van der Waals surface area (Å²) in [6, 6.07) is 4.42. The van der Waals surface area contributed by atoms with Crippen LogP contribution in [0.5, 0.6) is 0 Å². The van der Waals surface area contributed by atoms with Crippen molar-refractivity contribution in [1.82, 2.24) is 25.9 Å². The first-order valence-corrected chi connectivity index (χ1v) is 13.7. The number of carbonyl (C=O) groups excluding carboxylic acids is 4. The fourth-order valence-corrected chi connectivity index (χ4v) is 4.10. The minimum Gasteiger partial charge on any atom is -0.480 e. The third-order valence-corrected chi connectivity index (χ3v) is 6.44. The van der Waals surface area contributed by atoms with Gasteiger partial charge in [-0.25, -0.2) is 9.78 Å². The highest BCUT2D eigenvalue weighted by molar-refractivity contribution is 7.98. The molecule has 0 bridgehead atoms. The minimum atomic E-state index is -1.27. The monoisotopic (exact) mass is 561 g/mol. The maximum absolute atomic E-state index is 13.3. The number of carbonyl (C=O) groups is 5. The smallest absolute Gasteiger partial charge is 0.326 e. The van der Waals surface area contributed by atoms with Gasteiger partial charge in [0, 0.05) is 31.2 Å². The van der Waals surface area contributed by atoms with Crippen molar-refractivity contribution in [2.24, 2.45) is 11.5 Å². The second kappa shape index (κ2) is 16.1. The zero-order valence-corrected chi connectivity index (χ0v) is 22.4. The van der Waals surface area contributed by atoms with Crippen molar-refractivity contribution >= 4 is 41.4 Å². The Morgan fingerprint density at radius 2 is 1.59 bits per heavy atom. The van der Waals surface area contributed by atoms with Crippen molar-refractivity contribution in [3.63, 3.8) is 0 Å². The lowest BCUT2D eigenvalue weighted by Crippen LogP contribution is -2.58. The molecule has 0 radical (unpaired) electrons. The summed E-state index contributed by atoms with van der Waals surface area (Å²) in [7, 11) is 0. The molecule has 2 rings (SSSR count). The normalized spacial score (nSPS) is 13.9. The Morgan fingerprint density at radius 1 is 0.949 bits per heavy atom. The average Bonchev–Trinajstić information content (AvgIpc) is 3.42. The number of benzene rings is 1. The van der Waals surface area contributed by atoms with Gasteiger partial charge in [-0.15, -0.1) is 0 Å². The Hall–Kier alpha value is -3.91. The first kappa shape index (κ1) is 31.3. The molecule has 0 saturated heterocycles. The number of H-pyrrole nitrogens is 1. The third-order valence-electron chi connectivity index (χ3n) is 5.79. The summed E-state index contributed by atoms with van der Waals surface area (Å²) < 4.78 is 0. The molecule has 4 atom stereocenters. The summed E-state index contributed by atoms with van der Waals surface area (Å²) in [5, 5.41) is 17.4. The van der Waals surface area contributed by atoms with Crippen molar-refractivity contribution in [3.8, 4) is 0 Å². The number of thioether (sulfide) groups is 1. The molecule has 4 unspecified atom stereocenters.